The number of carbonyl (C=O) groups is 1. The Morgan fingerprint density at radius 2 is 2.50 bits per heavy atom. The van der Waals surface area contributed by atoms with Gasteiger partial charge in [-0.25, -0.2) is 0 Å². The van der Waals surface area contributed by atoms with Gasteiger partial charge >= 0.3 is 0 Å². The zero-order valence-corrected chi connectivity index (χ0v) is 6.17. The van der Waals surface area contributed by atoms with E-state index in [1.165, 1.54) is 12.3 Å². The molecule has 0 aliphatic carbocycles. The molecule has 0 radical (unpaired) electrons. The first-order chi connectivity index (χ1) is 4.80. The second kappa shape index (κ2) is 3.40. The molecule has 1 aliphatic rings. The number of ether oxygens (including phenoxy) is 1. The second-order valence-electron chi connectivity index (χ2n) is 2.62. The molecule has 2 nitrogen and oxygen atoms in total. The largest absolute Gasteiger partial charge is 0.501 e. The lowest BCUT2D eigenvalue weighted by atomic mass is 10.0. The fourth-order valence-corrected chi connectivity index (χ4v) is 0.963. The molecule has 1 atom stereocenters. The van der Waals surface area contributed by atoms with E-state index < -0.39 is 0 Å². The minimum atomic E-state index is 0.180. The predicted molar refractivity (Wildman–Crippen MR) is 38.5 cm³/mol. The smallest absolute Gasteiger partial charge is 0.161 e. The normalized spacial score (nSPS) is 30.1. The molecule has 1 heterocycles. The maximum Gasteiger partial charge on any atom is 0.161 e. The highest BCUT2D eigenvalue weighted by Crippen LogP contribution is 2.09. The molecule has 2 heteroatoms. The Morgan fingerprint density at radius 3 is 3.30 bits per heavy atom. The number of hydrogen-bond acceptors (Lipinski definition) is 2. The molecule has 1 unspecified atom stereocenters. The van der Waals surface area contributed by atoms with Crippen LogP contribution in [-0.4, -0.2) is 12.4 Å². The van der Waals surface area contributed by atoms with E-state index in [1.54, 1.807) is 0 Å². The zero-order chi connectivity index (χ0) is 7.40. The number of hydrogen-bond donors (Lipinski definition) is 0. The van der Waals surface area contributed by atoms with E-state index in [0.717, 1.165) is 19.4 Å². The second-order valence-corrected chi connectivity index (χ2v) is 2.62. The van der Waals surface area contributed by atoms with Crippen LogP contribution in [0.4, 0.5) is 0 Å². The lowest BCUT2D eigenvalue weighted by Gasteiger charge is -2.09. The van der Waals surface area contributed by atoms with E-state index in [-0.39, 0.29) is 11.7 Å². The summed E-state index contributed by atoms with van der Waals surface area (Å²) in [6.07, 6.45) is 4.95. The van der Waals surface area contributed by atoms with Gasteiger partial charge in [0.1, 0.15) is 0 Å². The molecular weight excluding hydrogens is 128 g/mol. The minimum Gasteiger partial charge on any atom is -0.501 e. The van der Waals surface area contributed by atoms with E-state index >= 15 is 0 Å². The molecule has 56 valence electrons. The summed E-state index contributed by atoms with van der Waals surface area (Å²) in [6.45, 7) is 2.70. The number of allylic oxidation sites excluding steroid dienone is 1. The molecule has 0 spiro atoms. The van der Waals surface area contributed by atoms with E-state index in [0.29, 0.717) is 0 Å². The Morgan fingerprint density at radius 1 is 1.70 bits per heavy atom. The highest BCUT2D eigenvalue weighted by Gasteiger charge is 2.10. The average Bonchev–Trinajstić information content (AvgIpc) is 1.92. The van der Waals surface area contributed by atoms with Gasteiger partial charge in [0.2, 0.25) is 0 Å². The van der Waals surface area contributed by atoms with Gasteiger partial charge in [-0.15, -0.1) is 0 Å². The lowest BCUT2D eigenvalue weighted by Crippen LogP contribution is -2.10. The van der Waals surface area contributed by atoms with Crippen molar-refractivity contribution in [2.75, 3.05) is 6.61 Å². The number of carbonyl (C=O) groups excluding carboxylic acids is 1. The molecule has 0 fully saturated rings. The predicted octanol–water partition coefficient (Wildman–Crippen LogP) is 1.52. The molecule has 0 saturated heterocycles. The topological polar surface area (TPSA) is 26.3 Å². The monoisotopic (exact) mass is 140 g/mol. The van der Waals surface area contributed by atoms with Crippen LogP contribution in [0.5, 0.6) is 0 Å². The van der Waals surface area contributed by atoms with Gasteiger partial charge in [-0.3, -0.25) is 4.79 Å². The summed E-state index contributed by atoms with van der Waals surface area (Å²) in [5.41, 5.74) is 0. The van der Waals surface area contributed by atoms with E-state index in [2.05, 4.69) is 0 Å². The van der Waals surface area contributed by atoms with Crippen LogP contribution in [0.25, 0.3) is 0 Å². The van der Waals surface area contributed by atoms with Crippen molar-refractivity contribution in [2.24, 2.45) is 5.92 Å². The Balaban J connectivity index is 2.53. The van der Waals surface area contributed by atoms with Crippen molar-refractivity contribution in [1.29, 1.82) is 0 Å². The van der Waals surface area contributed by atoms with Crippen LogP contribution in [-0.2, 0) is 9.53 Å². The van der Waals surface area contributed by atoms with Crippen LogP contribution < -0.4 is 0 Å². The Kier molecular flexibility index (Phi) is 2.49. The average molecular weight is 140 g/mol. The summed E-state index contributed by atoms with van der Waals surface area (Å²) in [7, 11) is 0. The third kappa shape index (κ3) is 1.87. The first kappa shape index (κ1) is 7.32. The SMILES string of the molecule is CC1CCCO/C=C\C1=O. The van der Waals surface area contributed by atoms with Crippen LogP contribution in [0.3, 0.4) is 0 Å². The van der Waals surface area contributed by atoms with Gasteiger partial charge in [-0.1, -0.05) is 6.92 Å². The van der Waals surface area contributed by atoms with Crippen LogP contribution >= 0.6 is 0 Å². The summed E-state index contributed by atoms with van der Waals surface area (Å²) in [5.74, 6) is 0.361. The standard InChI is InChI=1S/C8H12O2/c1-7-3-2-5-10-6-4-8(7)9/h4,6-7H,2-3,5H2,1H3/b6-4-. The van der Waals surface area contributed by atoms with Gasteiger partial charge in [-0.2, -0.15) is 0 Å². The van der Waals surface area contributed by atoms with E-state index in [9.17, 15) is 4.79 Å². The molecule has 0 aromatic carbocycles. The maximum absolute atomic E-state index is 11.0. The molecule has 1 aliphatic heterocycles. The van der Waals surface area contributed by atoms with Gasteiger partial charge in [-0.05, 0) is 12.8 Å². The van der Waals surface area contributed by atoms with Crippen LogP contribution in [0.15, 0.2) is 12.3 Å². The van der Waals surface area contributed by atoms with Crippen molar-refractivity contribution in [3.63, 3.8) is 0 Å². The fourth-order valence-electron chi connectivity index (χ4n) is 0.963. The first-order valence-electron chi connectivity index (χ1n) is 3.62. The summed E-state index contributed by atoms with van der Waals surface area (Å²) in [6, 6.07) is 0. The molecule has 10 heavy (non-hydrogen) atoms. The maximum atomic E-state index is 11.0. The fraction of sp³-hybridized carbons (Fsp3) is 0.625. The van der Waals surface area contributed by atoms with Crippen LogP contribution in [0, 0.1) is 5.92 Å². The van der Waals surface area contributed by atoms with Gasteiger partial charge in [0.25, 0.3) is 0 Å². The van der Waals surface area contributed by atoms with Crippen molar-refractivity contribution < 1.29 is 9.53 Å². The highest BCUT2D eigenvalue weighted by molar-refractivity contribution is 5.91. The summed E-state index contributed by atoms with van der Waals surface area (Å²) in [4.78, 5) is 11.0. The first-order valence-corrected chi connectivity index (χ1v) is 3.62. The summed E-state index contributed by atoms with van der Waals surface area (Å²) >= 11 is 0. The zero-order valence-electron chi connectivity index (χ0n) is 6.17. The molecule has 0 saturated carbocycles. The van der Waals surface area contributed by atoms with Gasteiger partial charge < -0.3 is 4.74 Å². The van der Waals surface area contributed by atoms with Gasteiger partial charge in [0, 0.05) is 12.0 Å². The summed E-state index contributed by atoms with van der Waals surface area (Å²) < 4.78 is 4.99. The third-order valence-electron chi connectivity index (χ3n) is 1.71. The summed E-state index contributed by atoms with van der Waals surface area (Å²) in [5, 5.41) is 0. The third-order valence-corrected chi connectivity index (χ3v) is 1.71. The Bertz CT molecular complexity index is 149. The lowest BCUT2D eigenvalue weighted by molar-refractivity contribution is -0.118. The van der Waals surface area contributed by atoms with Crippen molar-refractivity contribution in [2.45, 2.75) is 19.8 Å². The van der Waals surface area contributed by atoms with Crippen molar-refractivity contribution in [3.8, 4) is 0 Å². The molecule has 0 amide bonds. The molecule has 0 N–H and O–H groups in total. The van der Waals surface area contributed by atoms with E-state index in [4.69, 9.17) is 4.74 Å². The molecule has 0 aromatic rings. The quantitative estimate of drug-likeness (QED) is 0.510. The van der Waals surface area contributed by atoms with Crippen molar-refractivity contribution in [1.82, 2.24) is 0 Å². The minimum absolute atomic E-state index is 0.180. The van der Waals surface area contributed by atoms with Crippen LogP contribution in [0.1, 0.15) is 19.8 Å². The van der Waals surface area contributed by atoms with Crippen molar-refractivity contribution in [3.05, 3.63) is 12.3 Å². The number of ketones is 1. The Hall–Kier alpha value is -0.790. The Labute approximate surface area is 60.9 Å². The van der Waals surface area contributed by atoms with Crippen LogP contribution in [0.2, 0.25) is 0 Å². The van der Waals surface area contributed by atoms with Gasteiger partial charge in [0.15, 0.2) is 5.78 Å². The highest BCUT2D eigenvalue weighted by atomic mass is 16.5. The molecule has 1 rings (SSSR count). The molecular formula is C8H12O2. The van der Waals surface area contributed by atoms with Gasteiger partial charge in [0.05, 0.1) is 12.9 Å². The number of rotatable bonds is 0. The van der Waals surface area contributed by atoms with E-state index in [1.807, 2.05) is 6.92 Å². The molecule has 0 aromatic heterocycles. The molecule has 0 bridgehead atoms. The van der Waals surface area contributed by atoms with Crippen molar-refractivity contribution >= 4 is 5.78 Å².